The van der Waals surface area contributed by atoms with Gasteiger partial charge < -0.3 is 5.32 Å². The maximum absolute atomic E-state index is 13.6. The van der Waals surface area contributed by atoms with Crippen molar-refractivity contribution in [2.75, 3.05) is 6.54 Å². The molecule has 1 aromatic rings. The molecule has 1 saturated carbocycles. The third-order valence-electron chi connectivity index (χ3n) is 2.80. The van der Waals surface area contributed by atoms with E-state index in [1.54, 1.807) is 0 Å². The molecule has 0 radical (unpaired) electrons. The zero-order valence-corrected chi connectivity index (χ0v) is 9.35. The number of benzene rings is 1. The largest absolute Gasteiger partial charge is 0.419 e. The fourth-order valence-corrected chi connectivity index (χ4v) is 1.58. The lowest BCUT2D eigenvalue weighted by Crippen LogP contribution is -2.27. The number of halogens is 4. The second kappa shape index (κ2) is 4.59. The normalized spacial score (nSPS) is 15.6. The Hall–Kier alpha value is -1.59. The van der Waals surface area contributed by atoms with Crippen LogP contribution in [0.4, 0.5) is 17.6 Å². The Balaban J connectivity index is 2.19. The van der Waals surface area contributed by atoms with Crippen LogP contribution < -0.4 is 5.32 Å². The third-order valence-corrected chi connectivity index (χ3v) is 2.80. The van der Waals surface area contributed by atoms with E-state index in [4.69, 9.17) is 0 Å². The van der Waals surface area contributed by atoms with Gasteiger partial charge in [-0.3, -0.25) is 4.79 Å². The van der Waals surface area contributed by atoms with Crippen molar-refractivity contribution in [3.8, 4) is 0 Å². The van der Waals surface area contributed by atoms with Gasteiger partial charge in [-0.1, -0.05) is 6.07 Å². The predicted molar refractivity (Wildman–Crippen MR) is 56.5 cm³/mol. The standard InChI is InChI=1S/C12H11F4NO/c13-10-8(11(18)17-6-7-4-5-7)2-1-3-9(10)12(14,15)16/h1-3,7H,4-6H2,(H,17,18). The number of alkyl halides is 3. The molecule has 1 aliphatic carbocycles. The van der Waals surface area contributed by atoms with Gasteiger partial charge in [0, 0.05) is 6.54 Å². The topological polar surface area (TPSA) is 29.1 Å². The smallest absolute Gasteiger partial charge is 0.352 e. The Morgan fingerprint density at radius 2 is 2.00 bits per heavy atom. The van der Waals surface area contributed by atoms with Crippen LogP contribution in [0.1, 0.15) is 28.8 Å². The van der Waals surface area contributed by atoms with Gasteiger partial charge in [0.05, 0.1) is 11.1 Å². The van der Waals surface area contributed by atoms with Crippen molar-refractivity contribution in [1.29, 1.82) is 0 Å². The number of hydrogen-bond acceptors (Lipinski definition) is 1. The van der Waals surface area contributed by atoms with E-state index in [0.717, 1.165) is 25.0 Å². The minimum atomic E-state index is -4.79. The molecule has 0 heterocycles. The summed E-state index contributed by atoms with van der Waals surface area (Å²) in [5.74, 6) is -1.94. The van der Waals surface area contributed by atoms with Crippen LogP contribution in [0.2, 0.25) is 0 Å². The van der Waals surface area contributed by atoms with Crippen LogP contribution in [-0.4, -0.2) is 12.5 Å². The highest BCUT2D eigenvalue weighted by Crippen LogP contribution is 2.32. The summed E-state index contributed by atoms with van der Waals surface area (Å²) >= 11 is 0. The average molecular weight is 261 g/mol. The molecule has 1 N–H and O–H groups in total. The van der Waals surface area contributed by atoms with E-state index in [2.05, 4.69) is 5.32 Å². The second-order valence-electron chi connectivity index (χ2n) is 4.32. The van der Waals surface area contributed by atoms with Gasteiger partial charge >= 0.3 is 6.18 Å². The highest BCUT2D eigenvalue weighted by Gasteiger charge is 2.35. The van der Waals surface area contributed by atoms with E-state index < -0.39 is 29.0 Å². The Labute approximate surface area is 101 Å². The molecule has 0 spiro atoms. The van der Waals surface area contributed by atoms with Crippen molar-refractivity contribution in [3.05, 3.63) is 35.1 Å². The van der Waals surface area contributed by atoms with Crippen molar-refractivity contribution in [2.24, 2.45) is 5.92 Å². The van der Waals surface area contributed by atoms with E-state index in [-0.39, 0.29) is 0 Å². The summed E-state index contributed by atoms with van der Waals surface area (Å²) in [7, 11) is 0. The van der Waals surface area contributed by atoms with Gasteiger partial charge in [-0.2, -0.15) is 13.2 Å². The van der Waals surface area contributed by atoms with Gasteiger partial charge in [-0.05, 0) is 30.9 Å². The van der Waals surface area contributed by atoms with Gasteiger partial charge in [0.1, 0.15) is 5.82 Å². The summed E-state index contributed by atoms with van der Waals surface area (Å²) in [6.45, 7) is 0.383. The molecular formula is C12H11F4NO. The first-order valence-corrected chi connectivity index (χ1v) is 5.53. The molecule has 6 heteroatoms. The summed E-state index contributed by atoms with van der Waals surface area (Å²) in [6.07, 6.45) is -2.81. The molecule has 0 aromatic heterocycles. The predicted octanol–water partition coefficient (Wildman–Crippen LogP) is 2.98. The van der Waals surface area contributed by atoms with Crippen LogP contribution in [0.3, 0.4) is 0 Å². The lowest BCUT2D eigenvalue weighted by molar-refractivity contribution is -0.140. The van der Waals surface area contributed by atoms with E-state index in [1.807, 2.05) is 0 Å². The first-order valence-electron chi connectivity index (χ1n) is 5.53. The maximum atomic E-state index is 13.6. The summed E-state index contributed by atoms with van der Waals surface area (Å²) in [5.41, 5.74) is -1.98. The number of rotatable bonds is 3. The molecule has 1 aliphatic rings. The highest BCUT2D eigenvalue weighted by atomic mass is 19.4. The first-order chi connectivity index (χ1) is 8.39. The molecule has 0 bridgehead atoms. The van der Waals surface area contributed by atoms with E-state index in [0.29, 0.717) is 18.5 Å². The highest BCUT2D eigenvalue weighted by molar-refractivity contribution is 5.94. The van der Waals surface area contributed by atoms with Crippen molar-refractivity contribution in [2.45, 2.75) is 19.0 Å². The minimum Gasteiger partial charge on any atom is -0.352 e. The first kappa shape index (κ1) is 12.9. The van der Waals surface area contributed by atoms with E-state index in [1.165, 1.54) is 0 Å². The maximum Gasteiger partial charge on any atom is 0.419 e. The minimum absolute atomic E-state index is 0.378. The molecule has 1 amide bonds. The number of hydrogen-bond donors (Lipinski definition) is 1. The molecule has 0 saturated heterocycles. The number of carbonyl (C=O) groups is 1. The molecule has 2 rings (SSSR count). The van der Waals surface area contributed by atoms with Crippen LogP contribution in [0.15, 0.2) is 18.2 Å². The van der Waals surface area contributed by atoms with E-state index in [9.17, 15) is 22.4 Å². The number of amides is 1. The Morgan fingerprint density at radius 3 is 2.56 bits per heavy atom. The molecule has 0 aliphatic heterocycles. The third kappa shape index (κ3) is 2.80. The summed E-state index contributed by atoms with van der Waals surface area (Å²) in [6, 6.07) is 2.69. The van der Waals surface area contributed by atoms with Gasteiger partial charge in [-0.25, -0.2) is 4.39 Å². The number of nitrogens with one attached hydrogen (secondary N) is 1. The molecule has 98 valence electrons. The van der Waals surface area contributed by atoms with Crippen molar-refractivity contribution in [3.63, 3.8) is 0 Å². The molecule has 0 atom stereocenters. The van der Waals surface area contributed by atoms with Crippen molar-refractivity contribution < 1.29 is 22.4 Å². The van der Waals surface area contributed by atoms with Crippen LogP contribution in [0, 0.1) is 11.7 Å². The molecule has 18 heavy (non-hydrogen) atoms. The Morgan fingerprint density at radius 1 is 1.33 bits per heavy atom. The molecule has 2 nitrogen and oxygen atoms in total. The lowest BCUT2D eigenvalue weighted by Gasteiger charge is -2.11. The summed E-state index contributed by atoms with van der Waals surface area (Å²) < 4.78 is 50.9. The quantitative estimate of drug-likeness (QED) is 0.833. The summed E-state index contributed by atoms with van der Waals surface area (Å²) in [5, 5.41) is 2.43. The van der Waals surface area contributed by atoms with Crippen LogP contribution >= 0.6 is 0 Å². The van der Waals surface area contributed by atoms with Crippen LogP contribution in [-0.2, 0) is 6.18 Å². The summed E-state index contributed by atoms with van der Waals surface area (Å²) in [4.78, 5) is 11.6. The molecular weight excluding hydrogens is 250 g/mol. The van der Waals surface area contributed by atoms with Crippen LogP contribution in [0.5, 0.6) is 0 Å². The van der Waals surface area contributed by atoms with Crippen molar-refractivity contribution >= 4 is 5.91 Å². The van der Waals surface area contributed by atoms with Gasteiger partial charge in [0.25, 0.3) is 5.91 Å². The number of carbonyl (C=O) groups excluding carboxylic acids is 1. The fourth-order valence-electron chi connectivity index (χ4n) is 1.58. The van der Waals surface area contributed by atoms with Crippen molar-refractivity contribution in [1.82, 2.24) is 5.32 Å². The molecule has 0 unspecified atom stereocenters. The average Bonchev–Trinajstić information content (AvgIpc) is 3.08. The molecule has 1 fully saturated rings. The van der Waals surface area contributed by atoms with Crippen LogP contribution in [0.25, 0.3) is 0 Å². The Bertz CT molecular complexity index is 466. The lowest BCUT2D eigenvalue weighted by atomic mass is 10.1. The SMILES string of the molecule is O=C(NCC1CC1)c1cccc(C(F)(F)F)c1F. The fraction of sp³-hybridized carbons (Fsp3) is 0.417. The molecule has 1 aromatic carbocycles. The Kier molecular flexibility index (Phi) is 3.28. The zero-order chi connectivity index (χ0) is 13.3. The van der Waals surface area contributed by atoms with E-state index >= 15 is 0 Å². The van der Waals surface area contributed by atoms with Gasteiger partial charge in [-0.15, -0.1) is 0 Å². The van der Waals surface area contributed by atoms with Gasteiger partial charge in [0.15, 0.2) is 0 Å². The second-order valence-corrected chi connectivity index (χ2v) is 4.32. The zero-order valence-electron chi connectivity index (χ0n) is 9.35. The monoisotopic (exact) mass is 261 g/mol. The van der Waals surface area contributed by atoms with Gasteiger partial charge in [0.2, 0.25) is 0 Å².